The average molecular weight is 271 g/mol. The maximum atomic E-state index is 11.1. The van der Waals surface area contributed by atoms with Gasteiger partial charge in [0.2, 0.25) is 0 Å². The first kappa shape index (κ1) is 16.5. The summed E-state index contributed by atoms with van der Waals surface area (Å²) in [5.41, 5.74) is 1.06. The number of methoxy groups -OCH3 is 1. The third-order valence-electron chi connectivity index (χ3n) is 2.42. The van der Waals surface area contributed by atoms with E-state index in [-0.39, 0.29) is 18.2 Å². The molecule has 18 heavy (non-hydrogen) atoms. The number of carbonyl (C=O) groups excluding carboxylic acids is 1. The fraction of sp³-hybridized carbons (Fsp3) is 0.357. The van der Waals surface area contributed by atoms with Crippen LogP contribution in [-0.2, 0) is 11.2 Å². The summed E-state index contributed by atoms with van der Waals surface area (Å²) in [6, 6.07) is 5.72. The van der Waals surface area contributed by atoms with Crippen molar-refractivity contribution >= 4 is 18.2 Å². The van der Waals surface area contributed by atoms with Crippen molar-refractivity contribution in [2.75, 3.05) is 13.7 Å². The topological polar surface area (TPSA) is 35.5 Å². The Morgan fingerprint density at radius 3 is 2.67 bits per heavy atom. The van der Waals surface area contributed by atoms with Gasteiger partial charge in [0.1, 0.15) is 0 Å². The minimum atomic E-state index is 0. The van der Waals surface area contributed by atoms with Gasteiger partial charge in [0.15, 0.2) is 17.3 Å². The van der Waals surface area contributed by atoms with Crippen LogP contribution in [0.3, 0.4) is 0 Å². The van der Waals surface area contributed by atoms with Crippen molar-refractivity contribution in [2.24, 2.45) is 0 Å². The van der Waals surface area contributed by atoms with Crippen molar-refractivity contribution in [1.29, 1.82) is 0 Å². The highest BCUT2D eigenvalue weighted by Crippen LogP contribution is 2.28. The van der Waals surface area contributed by atoms with Crippen LogP contribution in [0.25, 0.3) is 0 Å². The zero-order valence-corrected chi connectivity index (χ0v) is 11.6. The largest absolute Gasteiger partial charge is 0.493 e. The van der Waals surface area contributed by atoms with Gasteiger partial charge in [-0.05, 0) is 37.1 Å². The van der Waals surface area contributed by atoms with E-state index in [0.717, 1.165) is 11.3 Å². The van der Waals surface area contributed by atoms with Gasteiger partial charge >= 0.3 is 0 Å². The van der Waals surface area contributed by atoms with E-state index >= 15 is 0 Å². The Morgan fingerprint density at radius 2 is 2.11 bits per heavy atom. The minimum Gasteiger partial charge on any atom is -0.493 e. The van der Waals surface area contributed by atoms with Crippen molar-refractivity contribution in [3.63, 3.8) is 0 Å². The fourth-order valence-electron chi connectivity index (χ4n) is 1.51. The molecule has 0 saturated heterocycles. The van der Waals surface area contributed by atoms with Crippen molar-refractivity contribution in [1.82, 2.24) is 0 Å². The third-order valence-corrected chi connectivity index (χ3v) is 2.42. The quantitative estimate of drug-likeness (QED) is 0.714. The Balaban J connectivity index is 0.00000289. The van der Waals surface area contributed by atoms with E-state index in [2.05, 4.69) is 6.58 Å². The van der Waals surface area contributed by atoms with E-state index in [4.69, 9.17) is 9.47 Å². The van der Waals surface area contributed by atoms with Gasteiger partial charge in [-0.1, -0.05) is 12.6 Å². The number of rotatable bonds is 7. The molecule has 1 rings (SSSR count). The molecule has 1 aromatic rings. The van der Waals surface area contributed by atoms with Gasteiger partial charge in [0.25, 0.3) is 0 Å². The molecule has 0 unspecified atom stereocenters. The molecule has 0 atom stereocenters. The lowest BCUT2D eigenvalue weighted by Crippen LogP contribution is -1.99. The summed E-state index contributed by atoms with van der Waals surface area (Å²) in [5, 5.41) is 0. The Morgan fingerprint density at radius 1 is 1.39 bits per heavy atom. The standard InChI is InChI=1S/C14H18O3.ClH/c1-4-12(15)8-6-11-7-9-13(16-3)14(10-11)17-5-2;/h4,7,9-10H,1,5-6,8H2,2-3H3;1H. The number of benzene rings is 1. The molecule has 0 saturated carbocycles. The highest BCUT2D eigenvalue weighted by Gasteiger charge is 2.06. The van der Waals surface area contributed by atoms with Gasteiger partial charge in [0, 0.05) is 6.42 Å². The number of hydrogen-bond donors (Lipinski definition) is 0. The van der Waals surface area contributed by atoms with Crippen LogP contribution in [0.5, 0.6) is 11.5 Å². The van der Waals surface area contributed by atoms with Crippen LogP contribution in [0.2, 0.25) is 0 Å². The summed E-state index contributed by atoms with van der Waals surface area (Å²) in [6.45, 7) is 5.97. The van der Waals surface area contributed by atoms with Crippen LogP contribution in [0.4, 0.5) is 0 Å². The lowest BCUT2D eigenvalue weighted by molar-refractivity contribution is -0.114. The average Bonchev–Trinajstić information content (AvgIpc) is 2.36. The monoisotopic (exact) mass is 270 g/mol. The number of carbonyl (C=O) groups is 1. The van der Waals surface area contributed by atoms with Crippen molar-refractivity contribution in [3.8, 4) is 11.5 Å². The molecule has 0 aliphatic rings. The van der Waals surface area contributed by atoms with Crippen molar-refractivity contribution in [2.45, 2.75) is 19.8 Å². The first-order chi connectivity index (χ1) is 8.21. The van der Waals surface area contributed by atoms with Crippen molar-refractivity contribution < 1.29 is 14.3 Å². The number of allylic oxidation sites excluding steroid dienone is 1. The van der Waals surface area contributed by atoms with E-state index in [0.29, 0.717) is 25.2 Å². The number of halogens is 1. The first-order valence-corrected chi connectivity index (χ1v) is 5.66. The minimum absolute atomic E-state index is 0. The molecule has 3 nitrogen and oxygen atoms in total. The number of aryl methyl sites for hydroxylation is 1. The summed E-state index contributed by atoms with van der Waals surface area (Å²) in [6.07, 6.45) is 2.52. The lowest BCUT2D eigenvalue weighted by atomic mass is 10.1. The van der Waals surface area contributed by atoms with E-state index in [1.807, 2.05) is 25.1 Å². The maximum Gasteiger partial charge on any atom is 0.161 e. The molecule has 0 N–H and O–H groups in total. The number of ketones is 1. The molecule has 0 aliphatic heterocycles. The molecule has 0 heterocycles. The van der Waals surface area contributed by atoms with Crippen LogP contribution in [-0.4, -0.2) is 19.5 Å². The Hall–Kier alpha value is -1.48. The van der Waals surface area contributed by atoms with E-state index < -0.39 is 0 Å². The molecule has 0 fully saturated rings. The summed E-state index contributed by atoms with van der Waals surface area (Å²) in [7, 11) is 1.61. The maximum absolute atomic E-state index is 11.1. The van der Waals surface area contributed by atoms with Gasteiger partial charge in [-0.25, -0.2) is 0 Å². The predicted molar refractivity (Wildman–Crippen MR) is 74.9 cm³/mol. The van der Waals surface area contributed by atoms with Gasteiger partial charge < -0.3 is 9.47 Å². The second-order valence-corrected chi connectivity index (χ2v) is 3.59. The normalized spacial score (nSPS) is 9.22. The summed E-state index contributed by atoms with van der Waals surface area (Å²) in [4.78, 5) is 11.1. The van der Waals surface area contributed by atoms with Gasteiger partial charge in [-0.15, -0.1) is 12.4 Å². The second kappa shape index (κ2) is 8.59. The highest BCUT2D eigenvalue weighted by atomic mass is 35.5. The zero-order chi connectivity index (χ0) is 12.7. The molecule has 0 spiro atoms. The van der Waals surface area contributed by atoms with Crippen LogP contribution < -0.4 is 9.47 Å². The molecule has 4 heteroatoms. The molecule has 0 aromatic heterocycles. The third kappa shape index (κ3) is 4.80. The number of ether oxygens (including phenoxy) is 2. The molecule has 0 bridgehead atoms. The SMILES string of the molecule is C=CC(=O)CCc1ccc(OC)c(OCC)c1.Cl. The van der Waals surface area contributed by atoms with Crippen LogP contribution in [0.1, 0.15) is 18.9 Å². The zero-order valence-electron chi connectivity index (χ0n) is 10.8. The second-order valence-electron chi connectivity index (χ2n) is 3.59. The predicted octanol–water partition coefficient (Wildman–Crippen LogP) is 3.20. The van der Waals surface area contributed by atoms with Gasteiger partial charge in [0.05, 0.1) is 13.7 Å². The fourth-order valence-corrected chi connectivity index (χ4v) is 1.51. The van der Waals surface area contributed by atoms with Gasteiger partial charge in [-0.3, -0.25) is 4.79 Å². The van der Waals surface area contributed by atoms with Gasteiger partial charge in [-0.2, -0.15) is 0 Å². The summed E-state index contributed by atoms with van der Waals surface area (Å²) < 4.78 is 10.7. The number of hydrogen-bond acceptors (Lipinski definition) is 3. The molecular formula is C14H19ClO3. The molecule has 1 aromatic carbocycles. The molecular weight excluding hydrogens is 252 g/mol. The van der Waals surface area contributed by atoms with Crippen molar-refractivity contribution in [3.05, 3.63) is 36.4 Å². The van der Waals surface area contributed by atoms with Crippen LogP contribution in [0.15, 0.2) is 30.9 Å². The highest BCUT2D eigenvalue weighted by molar-refractivity contribution is 5.89. The smallest absolute Gasteiger partial charge is 0.161 e. The lowest BCUT2D eigenvalue weighted by Gasteiger charge is -2.10. The van der Waals surface area contributed by atoms with E-state index in [1.165, 1.54) is 6.08 Å². The Labute approximate surface area is 114 Å². The molecule has 0 aliphatic carbocycles. The first-order valence-electron chi connectivity index (χ1n) is 5.66. The van der Waals surface area contributed by atoms with Crippen LogP contribution >= 0.6 is 12.4 Å². The summed E-state index contributed by atoms with van der Waals surface area (Å²) in [5.74, 6) is 1.49. The van der Waals surface area contributed by atoms with E-state index in [9.17, 15) is 4.79 Å². The Bertz CT molecular complexity index is 402. The van der Waals surface area contributed by atoms with Crippen LogP contribution in [0, 0.1) is 0 Å². The molecule has 0 radical (unpaired) electrons. The van der Waals surface area contributed by atoms with E-state index in [1.54, 1.807) is 7.11 Å². The summed E-state index contributed by atoms with van der Waals surface area (Å²) >= 11 is 0. The Kier molecular flexibility index (Phi) is 7.88. The molecule has 100 valence electrons. The molecule has 0 amide bonds.